The summed E-state index contributed by atoms with van der Waals surface area (Å²) in [6.07, 6.45) is 0. The molecule has 2 amide bonds. The zero-order valence-corrected chi connectivity index (χ0v) is 43.4. The summed E-state index contributed by atoms with van der Waals surface area (Å²) >= 11 is 13.5. The summed E-state index contributed by atoms with van der Waals surface area (Å²) in [4.78, 5) is 63.6. The van der Waals surface area contributed by atoms with Gasteiger partial charge in [0.2, 0.25) is 11.6 Å². The molecule has 6 aromatic rings. The molecule has 20 heteroatoms. The van der Waals surface area contributed by atoms with Gasteiger partial charge in [0.15, 0.2) is 0 Å². The Kier molecular flexibility index (Phi) is 16.0. The summed E-state index contributed by atoms with van der Waals surface area (Å²) in [5, 5.41) is 26.1. The van der Waals surface area contributed by atoms with E-state index in [2.05, 4.69) is 48.6 Å². The predicted octanol–water partition coefficient (Wildman–Crippen LogP) is 11.3. The second-order valence-corrected chi connectivity index (χ2v) is 19.4. The number of nitro benzene ring substituents is 2. The monoisotopic (exact) mass is 1070 g/mol. The Hall–Kier alpha value is -8.00. The first kappa shape index (κ1) is 54.3. The van der Waals surface area contributed by atoms with Gasteiger partial charge >= 0.3 is 11.4 Å². The molecule has 390 valence electrons. The number of nitrogens with one attached hydrogen (secondary N) is 1. The standard InChI is InChI=1S/C56H48Cl2F4N8O6/c1-32-30-66(25-23-64(32)5)43-21-15-38(9-7-36-11-17-40(59)18-12-36)27-45(43)68(46-28-39(10-8-37-13-19-41(60)20-14-37)16-22-44(46)67-26-24-65(6)33(2)31-67)56(72)48-50(58)35(4)52(62)54(70(75)76)53(48)63-55(71)42-29-47(69(73)74)51(61)34(3)49(42)57/h11-22,27-29,32-33H,23-26,30-31H2,1-6H3,(H,63,71)/t32-,33-/m0/s1. The molecule has 2 atom stereocenters. The highest BCUT2D eigenvalue weighted by Crippen LogP contribution is 2.47. The molecule has 0 spiro atoms. The molecule has 0 aromatic heterocycles. The van der Waals surface area contributed by atoms with Gasteiger partial charge in [-0.15, -0.1) is 0 Å². The number of nitro groups is 2. The Morgan fingerprint density at radius 2 is 1.07 bits per heavy atom. The van der Waals surface area contributed by atoms with Crippen molar-refractivity contribution in [2.45, 2.75) is 39.8 Å². The normalized spacial score (nSPS) is 15.8. The molecular weight excluding hydrogens is 1030 g/mol. The van der Waals surface area contributed by atoms with Gasteiger partial charge in [-0.2, -0.15) is 8.78 Å². The number of amides is 2. The Morgan fingerprint density at radius 3 is 1.50 bits per heavy atom. The van der Waals surface area contributed by atoms with Crippen molar-refractivity contribution < 1.29 is 37.0 Å². The number of rotatable bonds is 9. The van der Waals surface area contributed by atoms with E-state index in [-0.39, 0.29) is 23.5 Å². The third-order valence-corrected chi connectivity index (χ3v) is 14.6. The molecule has 8 rings (SSSR count). The van der Waals surface area contributed by atoms with E-state index in [9.17, 15) is 33.8 Å². The van der Waals surface area contributed by atoms with Gasteiger partial charge in [0, 0.05) is 90.8 Å². The van der Waals surface area contributed by atoms with E-state index in [1.807, 2.05) is 27.9 Å². The molecule has 0 unspecified atom stereocenters. The molecule has 0 radical (unpaired) electrons. The van der Waals surface area contributed by atoms with E-state index in [1.165, 1.54) is 53.4 Å². The molecule has 2 heterocycles. The SMILES string of the molecule is Cc1c(F)c([N+](=O)[O-])cc(C(=O)Nc2c(C(=O)N(c3cc(C#Cc4ccc(F)cc4)ccc3N3CCN(C)[C@@H](C)C3)c3cc(C#Cc4ccc(F)cc4)ccc3N3CCN(C)[C@@H](C)C3)c(Cl)c(C)c(F)c2[N+](=O)[O-])c1Cl. The fourth-order valence-corrected chi connectivity index (χ4v) is 9.45. The zero-order chi connectivity index (χ0) is 54.9. The van der Waals surface area contributed by atoms with Crippen LogP contribution in [-0.2, 0) is 0 Å². The number of anilines is 5. The number of carbonyl (C=O) groups is 2. The van der Waals surface area contributed by atoms with Crippen LogP contribution in [0.2, 0.25) is 10.0 Å². The van der Waals surface area contributed by atoms with Crippen LogP contribution < -0.4 is 20.0 Å². The van der Waals surface area contributed by atoms with E-state index >= 15 is 13.6 Å². The van der Waals surface area contributed by atoms with E-state index in [1.54, 1.807) is 36.4 Å². The molecule has 0 aliphatic carbocycles. The van der Waals surface area contributed by atoms with Gasteiger partial charge in [0.05, 0.1) is 53.8 Å². The number of halogens is 6. The number of likely N-dealkylation sites (N-methyl/N-ethyl adjacent to an activating group) is 2. The average molecular weight is 1080 g/mol. The van der Waals surface area contributed by atoms with Crippen molar-refractivity contribution in [3.63, 3.8) is 0 Å². The molecule has 76 heavy (non-hydrogen) atoms. The highest BCUT2D eigenvalue weighted by Gasteiger charge is 2.39. The number of nitrogens with zero attached hydrogens (tertiary/aromatic N) is 7. The maximum absolute atomic E-state index is 16.6. The van der Waals surface area contributed by atoms with Crippen molar-refractivity contribution in [2.75, 3.05) is 73.4 Å². The zero-order valence-electron chi connectivity index (χ0n) is 41.9. The minimum Gasteiger partial charge on any atom is -0.367 e. The fourth-order valence-electron chi connectivity index (χ4n) is 8.97. The van der Waals surface area contributed by atoms with Crippen LogP contribution in [0, 0.1) is 81.0 Å². The number of piperazine rings is 2. The van der Waals surface area contributed by atoms with Crippen molar-refractivity contribution in [1.29, 1.82) is 0 Å². The first-order valence-corrected chi connectivity index (χ1v) is 24.6. The highest BCUT2D eigenvalue weighted by molar-refractivity contribution is 6.38. The fraction of sp³-hybridized carbons (Fsp3) is 0.250. The van der Waals surface area contributed by atoms with E-state index in [0.29, 0.717) is 79.0 Å². The minimum atomic E-state index is -1.52. The third kappa shape index (κ3) is 11.2. The molecule has 0 bridgehead atoms. The largest absolute Gasteiger partial charge is 0.367 e. The molecule has 6 aromatic carbocycles. The molecule has 2 fully saturated rings. The third-order valence-electron chi connectivity index (χ3n) is 13.7. The van der Waals surface area contributed by atoms with Gasteiger partial charge in [-0.05, 0) is 127 Å². The quantitative estimate of drug-likeness (QED) is 0.0642. The second-order valence-electron chi connectivity index (χ2n) is 18.6. The second kappa shape index (κ2) is 22.5. The van der Waals surface area contributed by atoms with Crippen LogP contribution >= 0.6 is 23.2 Å². The number of hydrogen-bond donors (Lipinski definition) is 1. The first-order chi connectivity index (χ1) is 36.1. The van der Waals surface area contributed by atoms with Crippen molar-refractivity contribution in [3.8, 4) is 23.7 Å². The predicted molar refractivity (Wildman–Crippen MR) is 286 cm³/mol. The van der Waals surface area contributed by atoms with Crippen LogP contribution in [0.25, 0.3) is 0 Å². The topological polar surface area (TPSA) is 149 Å². The van der Waals surface area contributed by atoms with Gasteiger partial charge < -0.3 is 24.9 Å². The minimum absolute atomic E-state index is 0.00690. The van der Waals surface area contributed by atoms with Gasteiger partial charge in [-0.1, -0.05) is 46.9 Å². The van der Waals surface area contributed by atoms with Crippen LogP contribution in [0.4, 0.5) is 57.4 Å². The summed E-state index contributed by atoms with van der Waals surface area (Å²) in [5.74, 6) is 5.98. The van der Waals surface area contributed by atoms with Gasteiger partial charge in [0.1, 0.15) is 17.3 Å². The van der Waals surface area contributed by atoms with Crippen molar-refractivity contribution in [2.24, 2.45) is 0 Å². The Balaban J connectivity index is 1.46. The van der Waals surface area contributed by atoms with E-state index in [0.717, 1.165) is 13.8 Å². The number of hydrogen-bond acceptors (Lipinski definition) is 10. The summed E-state index contributed by atoms with van der Waals surface area (Å²) in [6.45, 7) is 9.25. The lowest BCUT2D eigenvalue weighted by Gasteiger charge is -2.42. The average Bonchev–Trinajstić information content (AvgIpc) is 3.42. The Labute approximate surface area is 445 Å². The van der Waals surface area contributed by atoms with Gasteiger partial charge in [0.25, 0.3) is 11.8 Å². The van der Waals surface area contributed by atoms with Crippen molar-refractivity contribution in [1.82, 2.24) is 9.80 Å². The van der Waals surface area contributed by atoms with Crippen LogP contribution in [-0.4, -0.2) is 96.9 Å². The van der Waals surface area contributed by atoms with E-state index in [4.69, 9.17) is 23.2 Å². The lowest BCUT2D eigenvalue weighted by atomic mass is 10.0. The lowest BCUT2D eigenvalue weighted by molar-refractivity contribution is -0.387. The van der Waals surface area contributed by atoms with E-state index < -0.39 is 94.3 Å². The molecule has 1 N–H and O–H groups in total. The summed E-state index contributed by atoms with van der Waals surface area (Å²) in [6, 6.07) is 21.9. The summed E-state index contributed by atoms with van der Waals surface area (Å²) in [7, 11) is 3.96. The molecule has 2 aliphatic heterocycles. The maximum Gasteiger partial charge on any atom is 0.329 e. The molecule has 2 aliphatic rings. The molecule has 14 nitrogen and oxygen atoms in total. The van der Waals surface area contributed by atoms with Crippen LogP contribution in [0.5, 0.6) is 0 Å². The number of carbonyl (C=O) groups excluding carboxylic acids is 2. The van der Waals surface area contributed by atoms with Crippen LogP contribution in [0.3, 0.4) is 0 Å². The molecule has 2 saturated heterocycles. The maximum atomic E-state index is 16.6. The van der Waals surface area contributed by atoms with Gasteiger partial charge in [-0.3, -0.25) is 34.7 Å². The summed E-state index contributed by atoms with van der Waals surface area (Å²) in [5.41, 5.74) is -3.20. The van der Waals surface area contributed by atoms with Crippen molar-refractivity contribution in [3.05, 3.63) is 189 Å². The lowest BCUT2D eigenvalue weighted by Crippen LogP contribution is -2.51. The summed E-state index contributed by atoms with van der Waals surface area (Å²) < 4.78 is 59.7. The first-order valence-electron chi connectivity index (χ1n) is 23.8. The van der Waals surface area contributed by atoms with Crippen molar-refractivity contribution >= 4 is 74.8 Å². The highest BCUT2D eigenvalue weighted by atomic mass is 35.5. The Bertz CT molecular complexity index is 3330. The molecular formula is C56H48Cl2F4N8O6. The van der Waals surface area contributed by atoms with Crippen LogP contribution in [0.1, 0.15) is 67.9 Å². The molecule has 0 saturated carbocycles. The van der Waals surface area contributed by atoms with Crippen LogP contribution in [0.15, 0.2) is 91.0 Å². The Morgan fingerprint density at radius 1 is 0.632 bits per heavy atom. The van der Waals surface area contributed by atoms with Gasteiger partial charge in [-0.25, -0.2) is 8.78 Å². The number of benzene rings is 6. The smallest absolute Gasteiger partial charge is 0.329 e.